The molecule has 0 saturated heterocycles. The van der Waals surface area contributed by atoms with Gasteiger partial charge in [-0.2, -0.15) is 5.10 Å². The van der Waals surface area contributed by atoms with Crippen molar-refractivity contribution in [2.24, 2.45) is 5.10 Å². The lowest BCUT2D eigenvalue weighted by molar-refractivity contribution is -0.129. The standard InChI is InChI=1S/C15H13N3O/c19-15-10-14(13-6-8-16-9-7-13)17-18(15)11-12-4-2-1-3-5-12/h1-9H,10-11H2. The van der Waals surface area contributed by atoms with Crippen molar-refractivity contribution in [2.75, 3.05) is 0 Å². The van der Waals surface area contributed by atoms with E-state index in [2.05, 4.69) is 10.1 Å². The molecule has 0 N–H and O–H groups in total. The molecule has 1 aromatic heterocycles. The molecule has 1 aromatic carbocycles. The summed E-state index contributed by atoms with van der Waals surface area (Å²) in [7, 11) is 0. The molecule has 94 valence electrons. The second-order valence-corrected chi connectivity index (χ2v) is 4.40. The third kappa shape index (κ3) is 2.52. The normalized spacial score (nSPS) is 14.6. The van der Waals surface area contributed by atoms with Crippen LogP contribution >= 0.6 is 0 Å². The maximum absolute atomic E-state index is 12.0. The SMILES string of the molecule is O=C1CC(c2ccncc2)=NN1Cc1ccccc1. The predicted molar refractivity (Wildman–Crippen MR) is 72.4 cm³/mol. The van der Waals surface area contributed by atoms with Gasteiger partial charge in [0.15, 0.2) is 0 Å². The van der Waals surface area contributed by atoms with E-state index in [0.29, 0.717) is 13.0 Å². The number of amides is 1. The summed E-state index contributed by atoms with van der Waals surface area (Å²) in [5, 5.41) is 5.94. The predicted octanol–water partition coefficient (Wildman–Crippen LogP) is 2.22. The average Bonchev–Trinajstić information content (AvgIpc) is 2.82. The Kier molecular flexibility index (Phi) is 3.06. The fourth-order valence-corrected chi connectivity index (χ4v) is 2.06. The maximum Gasteiger partial charge on any atom is 0.249 e. The summed E-state index contributed by atoms with van der Waals surface area (Å²) in [6, 6.07) is 13.6. The highest BCUT2D eigenvalue weighted by Gasteiger charge is 2.24. The van der Waals surface area contributed by atoms with Crippen LogP contribution in [-0.4, -0.2) is 21.6 Å². The number of rotatable bonds is 3. The molecule has 0 fully saturated rings. The topological polar surface area (TPSA) is 45.6 Å². The third-order valence-electron chi connectivity index (χ3n) is 3.04. The zero-order valence-electron chi connectivity index (χ0n) is 10.4. The Bertz CT molecular complexity index is 608. The lowest BCUT2D eigenvalue weighted by Gasteiger charge is -2.11. The molecule has 0 unspecified atom stereocenters. The molecule has 19 heavy (non-hydrogen) atoms. The van der Waals surface area contributed by atoms with Crippen molar-refractivity contribution < 1.29 is 4.79 Å². The third-order valence-corrected chi connectivity index (χ3v) is 3.04. The van der Waals surface area contributed by atoms with Crippen molar-refractivity contribution >= 4 is 11.6 Å². The lowest BCUT2D eigenvalue weighted by atomic mass is 10.1. The van der Waals surface area contributed by atoms with Crippen LogP contribution in [0.4, 0.5) is 0 Å². The molecule has 0 saturated carbocycles. The van der Waals surface area contributed by atoms with Gasteiger partial charge in [-0.05, 0) is 17.7 Å². The molecular formula is C15H13N3O. The Morgan fingerprint density at radius 2 is 1.79 bits per heavy atom. The summed E-state index contributed by atoms with van der Waals surface area (Å²) in [5.74, 6) is 0.0377. The van der Waals surface area contributed by atoms with Gasteiger partial charge >= 0.3 is 0 Å². The van der Waals surface area contributed by atoms with E-state index in [1.165, 1.54) is 5.01 Å². The number of benzene rings is 1. The Morgan fingerprint density at radius 1 is 1.05 bits per heavy atom. The summed E-state index contributed by atoms with van der Waals surface area (Å²) in [4.78, 5) is 15.9. The molecule has 0 aliphatic carbocycles. The van der Waals surface area contributed by atoms with Crippen LogP contribution < -0.4 is 0 Å². The Labute approximate surface area is 111 Å². The lowest BCUT2D eigenvalue weighted by Crippen LogP contribution is -2.19. The molecule has 2 heterocycles. The van der Waals surface area contributed by atoms with E-state index in [4.69, 9.17) is 0 Å². The first-order chi connectivity index (χ1) is 9.33. The minimum absolute atomic E-state index is 0.0377. The van der Waals surface area contributed by atoms with E-state index < -0.39 is 0 Å². The monoisotopic (exact) mass is 251 g/mol. The van der Waals surface area contributed by atoms with Crippen LogP contribution in [0, 0.1) is 0 Å². The largest absolute Gasteiger partial charge is 0.272 e. The zero-order chi connectivity index (χ0) is 13.1. The molecule has 1 aliphatic heterocycles. The van der Waals surface area contributed by atoms with Gasteiger partial charge in [0, 0.05) is 18.0 Å². The van der Waals surface area contributed by atoms with E-state index >= 15 is 0 Å². The highest BCUT2D eigenvalue weighted by atomic mass is 16.2. The van der Waals surface area contributed by atoms with Gasteiger partial charge in [-0.25, -0.2) is 5.01 Å². The first-order valence-electron chi connectivity index (χ1n) is 6.15. The Morgan fingerprint density at radius 3 is 2.53 bits per heavy atom. The molecular weight excluding hydrogens is 238 g/mol. The van der Waals surface area contributed by atoms with Crippen molar-refractivity contribution in [3.8, 4) is 0 Å². The van der Waals surface area contributed by atoms with E-state index in [1.54, 1.807) is 12.4 Å². The number of hydrogen-bond donors (Lipinski definition) is 0. The molecule has 1 aliphatic rings. The molecule has 0 radical (unpaired) electrons. The molecule has 2 aromatic rings. The summed E-state index contributed by atoms with van der Waals surface area (Å²) in [5.41, 5.74) is 2.85. The van der Waals surface area contributed by atoms with Crippen molar-refractivity contribution in [1.82, 2.24) is 9.99 Å². The van der Waals surface area contributed by atoms with Crippen LogP contribution in [0.3, 0.4) is 0 Å². The first-order valence-corrected chi connectivity index (χ1v) is 6.15. The molecule has 3 rings (SSSR count). The van der Waals surface area contributed by atoms with Crippen LogP contribution in [0.25, 0.3) is 0 Å². The van der Waals surface area contributed by atoms with E-state index in [-0.39, 0.29) is 5.91 Å². The summed E-state index contributed by atoms with van der Waals surface area (Å²) in [6.07, 6.45) is 3.78. The summed E-state index contributed by atoms with van der Waals surface area (Å²) >= 11 is 0. The quantitative estimate of drug-likeness (QED) is 0.839. The van der Waals surface area contributed by atoms with E-state index in [9.17, 15) is 4.79 Å². The van der Waals surface area contributed by atoms with Crippen LogP contribution in [0.1, 0.15) is 17.5 Å². The zero-order valence-corrected chi connectivity index (χ0v) is 10.4. The van der Waals surface area contributed by atoms with Gasteiger partial charge in [-0.1, -0.05) is 30.3 Å². The van der Waals surface area contributed by atoms with Crippen molar-refractivity contribution in [1.29, 1.82) is 0 Å². The molecule has 4 nitrogen and oxygen atoms in total. The molecule has 1 amide bonds. The number of hydrogen-bond acceptors (Lipinski definition) is 3. The number of carbonyl (C=O) groups excluding carboxylic acids is 1. The molecule has 4 heteroatoms. The van der Waals surface area contributed by atoms with E-state index in [0.717, 1.165) is 16.8 Å². The number of aromatic nitrogens is 1. The van der Waals surface area contributed by atoms with Crippen LogP contribution in [0.5, 0.6) is 0 Å². The highest BCUT2D eigenvalue weighted by Crippen LogP contribution is 2.17. The first kappa shape index (κ1) is 11.6. The van der Waals surface area contributed by atoms with Crippen molar-refractivity contribution in [3.63, 3.8) is 0 Å². The second kappa shape index (κ2) is 5.02. The molecule has 0 bridgehead atoms. The minimum Gasteiger partial charge on any atom is -0.272 e. The van der Waals surface area contributed by atoms with Crippen molar-refractivity contribution in [3.05, 3.63) is 66.0 Å². The second-order valence-electron chi connectivity index (χ2n) is 4.40. The van der Waals surface area contributed by atoms with Gasteiger partial charge in [0.2, 0.25) is 5.91 Å². The van der Waals surface area contributed by atoms with Crippen LogP contribution in [0.2, 0.25) is 0 Å². The molecule has 0 atom stereocenters. The van der Waals surface area contributed by atoms with Crippen LogP contribution in [-0.2, 0) is 11.3 Å². The van der Waals surface area contributed by atoms with Gasteiger partial charge < -0.3 is 0 Å². The number of pyridine rings is 1. The highest BCUT2D eigenvalue weighted by molar-refractivity contribution is 6.13. The maximum atomic E-state index is 12.0. The van der Waals surface area contributed by atoms with Crippen molar-refractivity contribution in [2.45, 2.75) is 13.0 Å². The number of carbonyl (C=O) groups is 1. The number of nitrogens with zero attached hydrogens (tertiary/aromatic N) is 3. The fourth-order valence-electron chi connectivity index (χ4n) is 2.06. The fraction of sp³-hybridized carbons (Fsp3) is 0.133. The van der Waals surface area contributed by atoms with Gasteiger partial charge in [0.25, 0.3) is 0 Å². The van der Waals surface area contributed by atoms with Gasteiger partial charge in [-0.3, -0.25) is 9.78 Å². The number of hydrazone groups is 1. The van der Waals surface area contributed by atoms with E-state index in [1.807, 2.05) is 42.5 Å². The minimum atomic E-state index is 0.0377. The van der Waals surface area contributed by atoms with Gasteiger partial charge in [-0.15, -0.1) is 0 Å². The van der Waals surface area contributed by atoms with Gasteiger partial charge in [0.1, 0.15) is 0 Å². The Hall–Kier alpha value is -2.49. The summed E-state index contributed by atoms with van der Waals surface area (Å²) in [6.45, 7) is 0.522. The Balaban J connectivity index is 1.80. The summed E-state index contributed by atoms with van der Waals surface area (Å²) < 4.78 is 0. The average molecular weight is 251 g/mol. The van der Waals surface area contributed by atoms with Crippen LogP contribution in [0.15, 0.2) is 60.0 Å². The molecule has 0 spiro atoms. The van der Waals surface area contributed by atoms with Gasteiger partial charge in [0.05, 0.1) is 18.7 Å². The smallest absolute Gasteiger partial charge is 0.249 e.